The summed E-state index contributed by atoms with van der Waals surface area (Å²) in [5.74, 6) is 0. The molecular formula is C12H9ClN2O2S. The third-order valence-electron chi connectivity index (χ3n) is 3.25. The van der Waals surface area contributed by atoms with Gasteiger partial charge in [0.15, 0.2) is 4.91 Å². The predicted octanol–water partition coefficient (Wildman–Crippen LogP) is 2.46. The third-order valence-corrected chi connectivity index (χ3v) is 5.28. The van der Waals surface area contributed by atoms with Crippen LogP contribution in [0, 0.1) is 11.3 Å². The van der Waals surface area contributed by atoms with E-state index >= 15 is 0 Å². The Morgan fingerprint density at radius 1 is 1.39 bits per heavy atom. The lowest BCUT2D eigenvalue weighted by molar-refractivity contribution is 0.601. The van der Waals surface area contributed by atoms with Crippen LogP contribution in [-0.4, -0.2) is 15.0 Å². The van der Waals surface area contributed by atoms with E-state index in [-0.39, 0.29) is 9.80 Å². The molecule has 2 aliphatic rings. The van der Waals surface area contributed by atoms with Crippen LogP contribution in [0.15, 0.2) is 33.7 Å². The zero-order valence-corrected chi connectivity index (χ0v) is 10.9. The Kier molecular flexibility index (Phi) is 2.40. The van der Waals surface area contributed by atoms with Crippen LogP contribution in [0.2, 0.25) is 5.02 Å². The van der Waals surface area contributed by atoms with E-state index in [4.69, 9.17) is 16.9 Å². The number of hydrogen-bond acceptors (Lipinski definition) is 4. The molecule has 6 heteroatoms. The molecule has 1 aromatic carbocycles. The van der Waals surface area contributed by atoms with E-state index in [2.05, 4.69) is 0 Å². The molecule has 0 spiro atoms. The minimum Gasteiger partial charge on any atom is -0.342 e. The van der Waals surface area contributed by atoms with Gasteiger partial charge in [0.2, 0.25) is 9.84 Å². The molecular weight excluding hydrogens is 272 g/mol. The molecule has 2 heterocycles. The Hall–Kier alpha value is -1.51. The number of anilines is 1. The Labute approximate surface area is 110 Å². The molecule has 0 aliphatic carbocycles. The molecule has 1 aromatic rings. The van der Waals surface area contributed by atoms with Gasteiger partial charge in [0.1, 0.15) is 6.07 Å². The summed E-state index contributed by atoms with van der Waals surface area (Å²) in [4.78, 5) is 1.95. The summed E-state index contributed by atoms with van der Waals surface area (Å²) in [6.07, 6.45) is 1.47. The summed E-state index contributed by atoms with van der Waals surface area (Å²) in [7, 11) is -3.69. The van der Waals surface area contributed by atoms with Crippen LogP contribution < -0.4 is 4.90 Å². The van der Waals surface area contributed by atoms with Crippen molar-refractivity contribution >= 4 is 27.1 Å². The van der Waals surface area contributed by atoms with Gasteiger partial charge in [-0.3, -0.25) is 0 Å². The van der Waals surface area contributed by atoms with Crippen molar-refractivity contribution in [3.8, 4) is 6.07 Å². The summed E-state index contributed by atoms with van der Waals surface area (Å²) in [6, 6.07) is 6.49. The maximum Gasteiger partial charge on any atom is 0.220 e. The van der Waals surface area contributed by atoms with E-state index in [1.54, 1.807) is 6.07 Å². The number of halogens is 1. The standard InChI is InChI=1S/C12H9ClN2O2S/c13-8-3-4-11-10(6-8)15-5-1-2-9(15)12(7-14)18(11,16)17/h3-4,6H,1-2,5H2. The fraction of sp³-hybridized carbons (Fsp3) is 0.250. The Bertz CT molecular complexity index is 716. The largest absolute Gasteiger partial charge is 0.342 e. The van der Waals surface area contributed by atoms with E-state index < -0.39 is 9.84 Å². The van der Waals surface area contributed by atoms with Gasteiger partial charge in [0, 0.05) is 17.3 Å². The Morgan fingerprint density at radius 2 is 2.17 bits per heavy atom. The summed E-state index contributed by atoms with van der Waals surface area (Å²) in [5, 5.41) is 9.61. The summed E-state index contributed by atoms with van der Waals surface area (Å²) < 4.78 is 24.7. The van der Waals surface area contributed by atoms with Crippen molar-refractivity contribution in [2.75, 3.05) is 11.4 Å². The number of fused-ring (bicyclic) bond motifs is 3. The molecule has 2 aliphatic heterocycles. The van der Waals surface area contributed by atoms with Crippen LogP contribution in [0.1, 0.15) is 12.8 Å². The number of sulfone groups is 1. The molecule has 1 fully saturated rings. The third kappa shape index (κ3) is 1.39. The van der Waals surface area contributed by atoms with Gasteiger partial charge in [0.05, 0.1) is 10.6 Å². The molecule has 18 heavy (non-hydrogen) atoms. The number of allylic oxidation sites excluding steroid dienone is 2. The normalized spacial score (nSPS) is 20.3. The Balaban J connectivity index is 2.38. The van der Waals surface area contributed by atoms with Gasteiger partial charge < -0.3 is 4.90 Å². The fourth-order valence-corrected chi connectivity index (χ4v) is 4.22. The molecule has 0 saturated carbocycles. The molecule has 0 unspecified atom stereocenters. The number of benzene rings is 1. The van der Waals surface area contributed by atoms with Gasteiger partial charge in [-0.1, -0.05) is 11.6 Å². The second-order valence-corrected chi connectivity index (χ2v) is 6.55. The summed E-state index contributed by atoms with van der Waals surface area (Å²) in [5.41, 5.74) is 1.20. The van der Waals surface area contributed by atoms with Gasteiger partial charge in [-0.15, -0.1) is 0 Å². The quantitative estimate of drug-likeness (QED) is 0.732. The van der Waals surface area contributed by atoms with Crippen LogP contribution in [0.25, 0.3) is 0 Å². The molecule has 0 N–H and O–H groups in total. The van der Waals surface area contributed by atoms with E-state index in [0.717, 1.165) is 13.0 Å². The van der Waals surface area contributed by atoms with Crippen molar-refractivity contribution in [3.05, 3.63) is 33.8 Å². The van der Waals surface area contributed by atoms with Crippen molar-refractivity contribution < 1.29 is 8.42 Å². The first kappa shape index (κ1) is 11.6. The highest BCUT2D eigenvalue weighted by molar-refractivity contribution is 7.95. The minimum absolute atomic E-state index is 0.116. The first-order valence-corrected chi connectivity index (χ1v) is 7.37. The number of nitrogens with zero attached hydrogens (tertiary/aromatic N) is 2. The van der Waals surface area contributed by atoms with Crippen LogP contribution in [-0.2, 0) is 9.84 Å². The maximum atomic E-state index is 12.3. The smallest absolute Gasteiger partial charge is 0.220 e. The molecule has 0 bridgehead atoms. The lowest BCUT2D eigenvalue weighted by atomic mass is 10.2. The molecule has 0 atom stereocenters. The van der Waals surface area contributed by atoms with Crippen molar-refractivity contribution in [2.45, 2.75) is 17.7 Å². The van der Waals surface area contributed by atoms with E-state index in [9.17, 15) is 8.42 Å². The van der Waals surface area contributed by atoms with Crippen molar-refractivity contribution in [1.82, 2.24) is 0 Å². The Morgan fingerprint density at radius 3 is 2.89 bits per heavy atom. The molecule has 4 nitrogen and oxygen atoms in total. The average Bonchev–Trinajstić information content (AvgIpc) is 2.77. The van der Waals surface area contributed by atoms with Gasteiger partial charge >= 0.3 is 0 Å². The SMILES string of the molecule is N#CC1=C2CCCN2c2cc(Cl)ccc2S1(=O)=O. The predicted molar refractivity (Wildman–Crippen MR) is 67.9 cm³/mol. The van der Waals surface area contributed by atoms with Crippen molar-refractivity contribution in [2.24, 2.45) is 0 Å². The van der Waals surface area contributed by atoms with Gasteiger partial charge in [-0.05, 0) is 31.0 Å². The van der Waals surface area contributed by atoms with Crippen molar-refractivity contribution in [3.63, 3.8) is 0 Å². The maximum absolute atomic E-state index is 12.3. The highest BCUT2D eigenvalue weighted by Gasteiger charge is 2.38. The van der Waals surface area contributed by atoms with E-state index in [1.165, 1.54) is 12.1 Å². The molecule has 0 radical (unpaired) electrons. The second-order valence-electron chi connectivity index (χ2n) is 4.26. The lowest BCUT2D eigenvalue weighted by Crippen LogP contribution is -2.26. The first-order chi connectivity index (χ1) is 8.55. The van der Waals surface area contributed by atoms with Gasteiger partial charge in [-0.25, -0.2) is 8.42 Å². The van der Waals surface area contributed by atoms with Crippen LogP contribution in [0.4, 0.5) is 5.69 Å². The lowest BCUT2D eigenvalue weighted by Gasteiger charge is -2.28. The molecule has 92 valence electrons. The fourth-order valence-electron chi connectivity index (χ4n) is 2.49. The topological polar surface area (TPSA) is 61.2 Å². The number of nitriles is 1. The monoisotopic (exact) mass is 280 g/mol. The van der Waals surface area contributed by atoms with E-state index in [1.807, 2.05) is 11.0 Å². The van der Waals surface area contributed by atoms with Gasteiger partial charge in [0.25, 0.3) is 0 Å². The minimum atomic E-state index is -3.69. The van der Waals surface area contributed by atoms with E-state index in [0.29, 0.717) is 22.8 Å². The molecule has 1 saturated heterocycles. The first-order valence-electron chi connectivity index (χ1n) is 5.51. The van der Waals surface area contributed by atoms with Gasteiger partial charge in [-0.2, -0.15) is 5.26 Å². The summed E-state index contributed by atoms with van der Waals surface area (Å²) in [6.45, 7) is 0.726. The molecule has 0 amide bonds. The molecule has 3 rings (SSSR count). The number of hydrogen-bond donors (Lipinski definition) is 0. The molecule has 0 aromatic heterocycles. The zero-order valence-electron chi connectivity index (χ0n) is 9.35. The van der Waals surface area contributed by atoms with Crippen LogP contribution >= 0.6 is 11.6 Å². The van der Waals surface area contributed by atoms with Crippen molar-refractivity contribution in [1.29, 1.82) is 5.26 Å². The second kappa shape index (κ2) is 3.74. The highest BCUT2D eigenvalue weighted by Crippen LogP contribution is 2.43. The van der Waals surface area contributed by atoms with Crippen LogP contribution in [0.3, 0.4) is 0 Å². The highest BCUT2D eigenvalue weighted by atomic mass is 35.5. The zero-order chi connectivity index (χ0) is 12.9. The summed E-state index contributed by atoms with van der Waals surface area (Å²) >= 11 is 5.93. The average molecular weight is 281 g/mol. The number of rotatable bonds is 0. The van der Waals surface area contributed by atoms with Crippen LogP contribution in [0.5, 0.6) is 0 Å².